The molecule has 1 amide bonds. The van der Waals surface area contributed by atoms with Crippen molar-refractivity contribution in [2.75, 3.05) is 19.7 Å². The van der Waals surface area contributed by atoms with E-state index in [1.807, 2.05) is 13.8 Å². The molecule has 102 valence electrons. The standard InChI is InChI=1S/C13H21NO4/c1-4-7-18-13(17)14-6-5-10(12(15)16)11(8-14)9(2)3/h4,9-11H,1,5-8H2,2-3H3,(H,15,16). The van der Waals surface area contributed by atoms with Gasteiger partial charge in [0.2, 0.25) is 0 Å². The van der Waals surface area contributed by atoms with Crippen LogP contribution in [0.3, 0.4) is 0 Å². The molecule has 0 aliphatic carbocycles. The summed E-state index contributed by atoms with van der Waals surface area (Å²) in [7, 11) is 0. The van der Waals surface area contributed by atoms with Crippen LogP contribution in [0.5, 0.6) is 0 Å². The third kappa shape index (κ3) is 3.48. The summed E-state index contributed by atoms with van der Waals surface area (Å²) in [6.07, 6.45) is 1.62. The highest BCUT2D eigenvalue weighted by Crippen LogP contribution is 2.30. The van der Waals surface area contributed by atoms with Crippen LogP contribution < -0.4 is 0 Å². The van der Waals surface area contributed by atoms with Gasteiger partial charge in [0.1, 0.15) is 6.61 Å². The molecule has 0 aromatic rings. The molecule has 1 saturated heterocycles. The number of hydrogen-bond donors (Lipinski definition) is 1. The van der Waals surface area contributed by atoms with Gasteiger partial charge in [-0.1, -0.05) is 26.5 Å². The van der Waals surface area contributed by atoms with Crippen LogP contribution in [0.4, 0.5) is 4.79 Å². The van der Waals surface area contributed by atoms with E-state index < -0.39 is 5.97 Å². The van der Waals surface area contributed by atoms with E-state index in [2.05, 4.69) is 6.58 Å². The van der Waals surface area contributed by atoms with Crippen LogP contribution in [-0.2, 0) is 9.53 Å². The van der Waals surface area contributed by atoms with Crippen molar-refractivity contribution in [2.24, 2.45) is 17.8 Å². The van der Waals surface area contributed by atoms with Crippen LogP contribution in [-0.4, -0.2) is 41.8 Å². The quantitative estimate of drug-likeness (QED) is 0.780. The van der Waals surface area contributed by atoms with Crippen LogP contribution in [0.15, 0.2) is 12.7 Å². The van der Waals surface area contributed by atoms with E-state index in [1.54, 1.807) is 4.90 Å². The first-order chi connectivity index (χ1) is 8.47. The average molecular weight is 255 g/mol. The Hall–Kier alpha value is -1.52. The molecule has 2 atom stereocenters. The summed E-state index contributed by atoms with van der Waals surface area (Å²) in [4.78, 5) is 24.5. The zero-order chi connectivity index (χ0) is 13.7. The largest absolute Gasteiger partial charge is 0.481 e. The van der Waals surface area contributed by atoms with Crippen molar-refractivity contribution in [3.05, 3.63) is 12.7 Å². The van der Waals surface area contributed by atoms with Crippen molar-refractivity contribution in [1.29, 1.82) is 0 Å². The van der Waals surface area contributed by atoms with Crippen molar-refractivity contribution in [2.45, 2.75) is 20.3 Å². The van der Waals surface area contributed by atoms with Gasteiger partial charge in [-0.3, -0.25) is 4.79 Å². The molecule has 2 unspecified atom stereocenters. The van der Waals surface area contributed by atoms with E-state index in [0.717, 1.165) is 0 Å². The summed E-state index contributed by atoms with van der Waals surface area (Å²) in [6.45, 7) is 8.53. The molecule has 5 heteroatoms. The summed E-state index contributed by atoms with van der Waals surface area (Å²) < 4.78 is 4.98. The van der Waals surface area contributed by atoms with Crippen molar-refractivity contribution in [3.8, 4) is 0 Å². The maximum atomic E-state index is 11.7. The predicted molar refractivity (Wildman–Crippen MR) is 67.2 cm³/mol. The highest BCUT2D eigenvalue weighted by Gasteiger charge is 2.37. The van der Waals surface area contributed by atoms with Crippen LogP contribution in [0.25, 0.3) is 0 Å². The van der Waals surface area contributed by atoms with E-state index in [0.29, 0.717) is 19.5 Å². The zero-order valence-corrected chi connectivity index (χ0v) is 11.0. The Morgan fingerprint density at radius 2 is 2.22 bits per heavy atom. The average Bonchev–Trinajstić information content (AvgIpc) is 2.34. The molecule has 1 heterocycles. The number of carboxylic acid groups (broad SMARTS) is 1. The second-order valence-corrected chi connectivity index (χ2v) is 4.95. The molecular formula is C13H21NO4. The summed E-state index contributed by atoms with van der Waals surface area (Å²) in [6, 6.07) is 0. The fraction of sp³-hybridized carbons (Fsp3) is 0.692. The summed E-state index contributed by atoms with van der Waals surface area (Å²) >= 11 is 0. The minimum absolute atomic E-state index is 0.0208. The lowest BCUT2D eigenvalue weighted by Gasteiger charge is -2.38. The number of amides is 1. The number of carbonyl (C=O) groups is 2. The van der Waals surface area contributed by atoms with E-state index in [1.165, 1.54) is 6.08 Å². The molecule has 0 aromatic carbocycles. The van der Waals surface area contributed by atoms with E-state index in [9.17, 15) is 14.7 Å². The minimum atomic E-state index is -0.771. The molecule has 18 heavy (non-hydrogen) atoms. The zero-order valence-electron chi connectivity index (χ0n) is 11.0. The molecule has 1 N–H and O–H groups in total. The van der Waals surface area contributed by atoms with Gasteiger partial charge in [0.05, 0.1) is 5.92 Å². The summed E-state index contributed by atoms with van der Waals surface area (Å²) in [5, 5.41) is 9.18. The number of aliphatic carboxylic acids is 1. The molecule has 1 fully saturated rings. The van der Waals surface area contributed by atoms with E-state index >= 15 is 0 Å². The third-order valence-electron chi connectivity index (χ3n) is 3.41. The third-order valence-corrected chi connectivity index (χ3v) is 3.41. The molecule has 0 saturated carbocycles. The Kier molecular flexibility index (Phi) is 5.19. The first kappa shape index (κ1) is 14.5. The number of nitrogens with zero attached hydrogens (tertiary/aromatic N) is 1. The maximum absolute atomic E-state index is 11.7. The van der Waals surface area contributed by atoms with Gasteiger partial charge < -0.3 is 14.7 Å². The van der Waals surface area contributed by atoms with Gasteiger partial charge in [0.25, 0.3) is 0 Å². The van der Waals surface area contributed by atoms with Gasteiger partial charge in [0.15, 0.2) is 0 Å². The lowest BCUT2D eigenvalue weighted by Crippen LogP contribution is -2.47. The molecule has 1 rings (SSSR count). The second-order valence-electron chi connectivity index (χ2n) is 4.95. The molecule has 0 radical (unpaired) electrons. The van der Waals surface area contributed by atoms with Gasteiger partial charge in [-0.15, -0.1) is 0 Å². The van der Waals surface area contributed by atoms with Crippen molar-refractivity contribution in [1.82, 2.24) is 4.90 Å². The number of carboxylic acids is 1. The smallest absolute Gasteiger partial charge is 0.410 e. The lowest BCUT2D eigenvalue weighted by molar-refractivity contribution is -0.146. The first-order valence-corrected chi connectivity index (χ1v) is 6.22. The SMILES string of the molecule is C=CCOC(=O)N1CCC(C(=O)O)C(C(C)C)C1. The number of hydrogen-bond acceptors (Lipinski definition) is 3. The topological polar surface area (TPSA) is 66.8 Å². The highest BCUT2D eigenvalue weighted by molar-refractivity contribution is 5.72. The Morgan fingerprint density at radius 3 is 2.72 bits per heavy atom. The number of likely N-dealkylation sites (tertiary alicyclic amines) is 1. The number of rotatable bonds is 4. The van der Waals surface area contributed by atoms with Gasteiger partial charge in [-0.2, -0.15) is 0 Å². The lowest BCUT2D eigenvalue weighted by atomic mass is 9.78. The fourth-order valence-corrected chi connectivity index (χ4v) is 2.35. The van der Waals surface area contributed by atoms with Crippen LogP contribution >= 0.6 is 0 Å². The second kappa shape index (κ2) is 6.42. The maximum Gasteiger partial charge on any atom is 0.410 e. The van der Waals surface area contributed by atoms with E-state index in [4.69, 9.17) is 4.74 Å². The molecule has 0 aromatic heterocycles. The molecule has 5 nitrogen and oxygen atoms in total. The van der Waals surface area contributed by atoms with Crippen molar-refractivity contribution >= 4 is 12.1 Å². The van der Waals surface area contributed by atoms with Crippen LogP contribution in [0.1, 0.15) is 20.3 Å². The number of piperidine rings is 1. The van der Waals surface area contributed by atoms with E-state index in [-0.39, 0.29) is 30.5 Å². The Morgan fingerprint density at radius 1 is 1.56 bits per heavy atom. The fourth-order valence-electron chi connectivity index (χ4n) is 2.35. The highest BCUT2D eigenvalue weighted by atomic mass is 16.6. The normalized spacial score (nSPS) is 23.8. The summed E-state index contributed by atoms with van der Waals surface area (Å²) in [5.74, 6) is -0.935. The predicted octanol–water partition coefficient (Wildman–Crippen LogP) is 1.99. The van der Waals surface area contributed by atoms with Gasteiger partial charge in [0, 0.05) is 13.1 Å². The van der Waals surface area contributed by atoms with Crippen molar-refractivity contribution < 1.29 is 19.4 Å². The summed E-state index contributed by atoms with van der Waals surface area (Å²) in [5.41, 5.74) is 0. The first-order valence-electron chi connectivity index (χ1n) is 6.22. The molecule has 0 bridgehead atoms. The monoisotopic (exact) mass is 255 g/mol. The number of carbonyl (C=O) groups excluding carboxylic acids is 1. The Balaban J connectivity index is 2.65. The number of ether oxygens (including phenoxy) is 1. The van der Waals surface area contributed by atoms with Gasteiger partial charge >= 0.3 is 12.1 Å². The van der Waals surface area contributed by atoms with Crippen LogP contribution in [0.2, 0.25) is 0 Å². The van der Waals surface area contributed by atoms with Gasteiger partial charge in [-0.05, 0) is 18.3 Å². The molecule has 1 aliphatic rings. The van der Waals surface area contributed by atoms with Gasteiger partial charge in [-0.25, -0.2) is 4.79 Å². The Bertz CT molecular complexity index is 327. The minimum Gasteiger partial charge on any atom is -0.481 e. The molecule has 0 spiro atoms. The van der Waals surface area contributed by atoms with Crippen molar-refractivity contribution in [3.63, 3.8) is 0 Å². The molecular weight excluding hydrogens is 234 g/mol. The molecule has 1 aliphatic heterocycles. The Labute approximate surface area is 107 Å². The van der Waals surface area contributed by atoms with Crippen LogP contribution in [0, 0.1) is 17.8 Å².